The molecular weight excluding hydrogens is 320 g/mol. The molecule has 2 amide bonds. The van der Waals surface area contributed by atoms with Crippen molar-refractivity contribution in [3.63, 3.8) is 0 Å². The number of carbonyl (C=O) groups excluding carboxylic acids is 2. The largest absolute Gasteiger partial charge is 0.348 e. The Hall–Kier alpha value is -1.36. The molecule has 0 spiro atoms. The van der Waals surface area contributed by atoms with Gasteiger partial charge >= 0.3 is 0 Å². The normalized spacial score (nSPS) is 13.7. The van der Waals surface area contributed by atoms with E-state index in [-0.39, 0.29) is 23.8 Å². The van der Waals surface area contributed by atoms with Crippen molar-refractivity contribution in [1.82, 2.24) is 10.6 Å². The smallest absolute Gasteiger partial charge is 0.243 e. The van der Waals surface area contributed by atoms with E-state index in [1.165, 1.54) is 6.92 Å². The zero-order valence-electron chi connectivity index (χ0n) is 12.2. The van der Waals surface area contributed by atoms with Crippen LogP contribution in [0.15, 0.2) is 28.7 Å². The molecule has 0 saturated carbocycles. The van der Waals surface area contributed by atoms with Gasteiger partial charge in [0.1, 0.15) is 6.04 Å². The van der Waals surface area contributed by atoms with Crippen molar-refractivity contribution in [2.24, 2.45) is 5.92 Å². The van der Waals surface area contributed by atoms with Gasteiger partial charge in [-0.25, -0.2) is 0 Å². The fraction of sp³-hybridized carbons (Fsp3) is 0.467. The molecule has 0 radical (unpaired) electrons. The molecule has 1 aromatic carbocycles. The van der Waals surface area contributed by atoms with Gasteiger partial charge in [0.2, 0.25) is 11.8 Å². The monoisotopic (exact) mass is 340 g/mol. The topological polar surface area (TPSA) is 58.2 Å². The first-order valence-corrected chi connectivity index (χ1v) is 7.43. The zero-order valence-corrected chi connectivity index (χ0v) is 13.8. The van der Waals surface area contributed by atoms with E-state index >= 15 is 0 Å². The maximum absolute atomic E-state index is 12.3. The fourth-order valence-corrected chi connectivity index (χ4v) is 2.33. The van der Waals surface area contributed by atoms with E-state index in [1.807, 2.05) is 45.0 Å². The van der Waals surface area contributed by atoms with Gasteiger partial charge in [0.25, 0.3) is 0 Å². The van der Waals surface area contributed by atoms with Crippen LogP contribution >= 0.6 is 15.9 Å². The first-order chi connectivity index (χ1) is 9.31. The number of carbonyl (C=O) groups is 2. The number of hydrogen-bond acceptors (Lipinski definition) is 2. The molecule has 0 aromatic heterocycles. The Kier molecular flexibility index (Phi) is 6.20. The molecule has 0 aliphatic rings. The van der Waals surface area contributed by atoms with E-state index in [4.69, 9.17) is 0 Å². The van der Waals surface area contributed by atoms with Crippen LogP contribution in [0.2, 0.25) is 0 Å². The lowest BCUT2D eigenvalue weighted by Crippen LogP contribution is -2.49. The number of hydrogen-bond donors (Lipinski definition) is 2. The summed E-state index contributed by atoms with van der Waals surface area (Å²) in [7, 11) is 0. The molecule has 2 atom stereocenters. The lowest BCUT2D eigenvalue weighted by Gasteiger charge is -2.23. The van der Waals surface area contributed by atoms with Gasteiger partial charge in [0.05, 0.1) is 6.04 Å². The number of halogens is 1. The highest BCUT2D eigenvalue weighted by Crippen LogP contribution is 2.18. The van der Waals surface area contributed by atoms with Gasteiger partial charge in [0.15, 0.2) is 0 Å². The molecule has 2 unspecified atom stereocenters. The predicted octanol–water partition coefficient (Wildman–Crippen LogP) is 2.79. The summed E-state index contributed by atoms with van der Waals surface area (Å²) in [6, 6.07) is 7.16. The van der Waals surface area contributed by atoms with Crippen LogP contribution < -0.4 is 10.6 Å². The van der Waals surface area contributed by atoms with E-state index < -0.39 is 6.04 Å². The zero-order chi connectivity index (χ0) is 15.3. The van der Waals surface area contributed by atoms with Crippen LogP contribution in [0, 0.1) is 5.92 Å². The Labute approximate surface area is 128 Å². The Morgan fingerprint density at radius 1 is 1.15 bits per heavy atom. The molecule has 0 heterocycles. The molecule has 1 rings (SSSR count). The van der Waals surface area contributed by atoms with Crippen LogP contribution in [-0.2, 0) is 9.59 Å². The van der Waals surface area contributed by atoms with Gasteiger partial charge in [-0.2, -0.15) is 0 Å². The van der Waals surface area contributed by atoms with Crippen molar-refractivity contribution < 1.29 is 9.59 Å². The number of amides is 2. The number of rotatable bonds is 5. The summed E-state index contributed by atoms with van der Waals surface area (Å²) in [5.74, 6) is -0.328. The molecule has 20 heavy (non-hydrogen) atoms. The fourth-order valence-electron chi connectivity index (χ4n) is 1.92. The van der Waals surface area contributed by atoms with E-state index in [0.29, 0.717) is 0 Å². The summed E-state index contributed by atoms with van der Waals surface area (Å²) in [5.41, 5.74) is 1.01. The van der Waals surface area contributed by atoms with Crippen molar-refractivity contribution in [1.29, 1.82) is 0 Å². The van der Waals surface area contributed by atoms with Crippen LogP contribution in [0.1, 0.15) is 39.3 Å². The Morgan fingerprint density at radius 3 is 2.30 bits per heavy atom. The van der Waals surface area contributed by atoms with Crippen LogP contribution in [0.5, 0.6) is 0 Å². The summed E-state index contributed by atoms with van der Waals surface area (Å²) < 4.78 is 0.971. The minimum absolute atomic E-state index is 0.0357. The van der Waals surface area contributed by atoms with Crippen molar-refractivity contribution in [2.45, 2.75) is 39.8 Å². The second-order valence-corrected chi connectivity index (χ2v) is 6.12. The third-order valence-electron chi connectivity index (χ3n) is 3.02. The molecule has 5 heteroatoms. The summed E-state index contributed by atoms with van der Waals surface area (Å²) in [6.07, 6.45) is 0. The average molecular weight is 341 g/mol. The summed E-state index contributed by atoms with van der Waals surface area (Å²) in [6.45, 7) is 7.15. The molecule has 0 bridgehead atoms. The second kappa shape index (κ2) is 7.43. The molecule has 0 fully saturated rings. The molecule has 4 nitrogen and oxygen atoms in total. The minimum Gasteiger partial charge on any atom is -0.348 e. The summed E-state index contributed by atoms with van der Waals surface area (Å²) >= 11 is 3.41. The van der Waals surface area contributed by atoms with E-state index in [1.54, 1.807) is 0 Å². The van der Waals surface area contributed by atoms with E-state index in [9.17, 15) is 9.59 Å². The highest BCUT2D eigenvalue weighted by Gasteiger charge is 2.24. The number of benzene rings is 1. The molecule has 0 saturated heterocycles. The van der Waals surface area contributed by atoms with Crippen LogP contribution in [0.4, 0.5) is 0 Å². The minimum atomic E-state index is -0.512. The predicted molar refractivity (Wildman–Crippen MR) is 83.1 cm³/mol. The first-order valence-electron chi connectivity index (χ1n) is 6.64. The Morgan fingerprint density at radius 2 is 1.80 bits per heavy atom. The standard InChI is InChI=1S/C15H21BrN2O2/c1-9(2)14(18-11(4)19)15(20)17-10(3)12-6-5-7-13(16)8-12/h5-10,14H,1-4H3,(H,17,20)(H,18,19). The molecule has 2 N–H and O–H groups in total. The quantitative estimate of drug-likeness (QED) is 0.865. The van der Waals surface area contributed by atoms with Crippen LogP contribution in [0.25, 0.3) is 0 Å². The molecule has 1 aromatic rings. The third kappa shape index (κ3) is 4.96. The lowest BCUT2D eigenvalue weighted by atomic mass is 10.0. The van der Waals surface area contributed by atoms with Gasteiger partial charge in [-0.15, -0.1) is 0 Å². The molecule has 0 aliphatic carbocycles. The molecule has 0 aliphatic heterocycles. The molecular formula is C15H21BrN2O2. The van der Waals surface area contributed by atoms with Crippen molar-refractivity contribution in [3.8, 4) is 0 Å². The molecule has 110 valence electrons. The Bertz CT molecular complexity index is 489. The van der Waals surface area contributed by atoms with Gasteiger partial charge < -0.3 is 10.6 Å². The second-order valence-electron chi connectivity index (χ2n) is 5.21. The lowest BCUT2D eigenvalue weighted by molar-refractivity contribution is -0.129. The SMILES string of the molecule is CC(=O)NC(C(=O)NC(C)c1cccc(Br)c1)C(C)C. The van der Waals surface area contributed by atoms with Crippen molar-refractivity contribution in [2.75, 3.05) is 0 Å². The van der Waals surface area contributed by atoms with E-state index in [2.05, 4.69) is 26.6 Å². The highest BCUT2D eigenvalue weighted by atomic mass is 79.9. The Balaban J connectivity index is 2.75. The van der Waals surface area contributed by atoms with Crippen LogP contribution in [0.3, 0.4) is 0 Å². The average Bonchev–Trinajstić information content (AvgIpc) is 2.35. The first kappa shape index (κ1) is 16.7. The third-order valence-corrected chi connectivity index (χ3v) is 3.51. The van der Waals surface area contributed by atoms with Crippen molar-refractivity contribution in [3.05, 3.63) is 34.3 Å². The number of nitrogens with one attached hydrogen (secondary N) is 2. The van der Waals surface area contributed by atoms with Crippen molar-refractivity contribution >= 4 is 27.7 Å². The van der Waals surface area contributed by atoms with Gasteiger partial charge in [-0.1, -0.05) is 41.9 Å². The summed E-state index contributed by atoms with van der Waals surface area (Å²) in [5, 5.41) is 5.62. The van der Waals surface area contributed by atoms with Gasteiger partial charge in [-0.3, -0.25) is 9.59 Å². The van der Waals surface area contributed by atoms with Gasteiger partial charge in [0, 0.05) is 11.4 Å². The summed E-state index contributed by atoms with van der Waals surface area (Å²) in [4.78, 5) is 23.4. The van der Waals surface area contributed by atoms with Crippen LogP contribution in [-0.4, -0.2) is 17.9 Å². The maximum atomic E-state index is 12.3. The highest BCUT2D eigenvalue weighted by molar-refractivity contribution is 9.10. The maximum Gasteiger partial charge on any atom is 0.243 e. The van der Waals surface area contributed by atoms with E-state index in [0.717, 1.165) is 10.0 Å². The van der Waals surface area contributed by atoms with Gasteiger partial charge in [-0.05, 0) is 30.5 Å².